The van der Waals surface area contributed by atoms with Gasteiger partial charge in [0.2, 0.25) is 5.91 Å². The molecule has 1 N–H and O–H groups in total. The first-order chi connectivity index (χ1) is 10.8. The van der Waals surface area contributed by atoms with Crippen LogP contribution in [-0.4, -0.2) is 60.0 Å². The molecule has 2 aliphatic rings. The molecule has 0 spiro atoms. The van der Waals surface area contributed by atoms with E-state index in [2.05, 4.69) is 27.0 Å². The summed E-state index contributed by atoms with van der Waals surface area (Å²) in [7, 11) is 0. The van der Waals surface area contributed by atoms with Crippen LogP contribution in [0.15, 0.2) is 24.5 Å². The second-order valence-electron chi connectivity index (χ2n) is 6.51. The summed E-state index contributed by atoms with van der Waals surface area (Å²) >= 11 is 0. The van der Waals surface area contributed by atoms with Crippen molar-refractivity contribution in [1.29, 1.82) is 0 Å². The summed E-state index contributed by atoms with van der Waals surface area (Å²) < 4.78 is 0. The number of nitrogens with one attached hydrogen (secondary N) is 1. The van der Waals surface area contributed by atoms with Crippen LogP contribution in [0.2, 0.25) is 0 Å². The number of hydrogen-bond donors (Lipinski definition) is 1. The maximum Gasteiger partial charge on any atom is 0.244 e. The van der Waals surface area contributed by atoms with Crippen molar-refractivity contribution in [3.8, 4) is 0 Å². The predicted octanol–water partition coefficient (Wildman–Crippen LogP) is 1.29. The minimum Gasteiger partial charge on any atom is -0.341 e. The molecule has 0 saturated carbocycles. The molecule has 5 heteroatoms. The Hall–Kier alpha value is -1.46. The molecule has 120 valence electrons. The van der Waals surface area contributed by atoms with Crippen LogP contribution in [0.1, 0.15) is 31.4 Å². The van der Waals surface area contributed by atoms with E-state index in [-0.39, 0.29) is 11.9 Å². The fourth-order valence-corrected chi connectivity index (χ4v) is 3.55. The number of nitrogens with zero attached hydrogens (tertiary/aromatic N) is 3. The third-order valence-corrected chi connectivity index (χ3v) is 4.72. The lowest BCUT2D eigenvalue weighted by atomic mass is 9.98. The van der Waals surface area contributed by atoms with Crippen molar-refractivity contribution in [3.63, 3.8) is 0 Å². The molecule has 3 heterocycles. The van der Waals surface area contributed by atoms with Gasteiger partial charge in [-0.25, -0.2) is 0 Å². The summed E-state index contributed by atoms with van der Waals surface area (Å²) in [4.78, 5) is 21.8. The Morgan fingerprint density at radius 3 is 2.86 bits per heavy atom. The Kier molecular flexibility index (Phi) is 5.05. The zero-order valence-electron chi connectivity index (χ0n) is 13.4. The molecule has 22 heavy (non-hydrogen) atoms. The Balaban J connectivity index is 1.82. The molecule has 2 atom stereocenters. The van der Waals surface area contributed by atoms with Crippen molar-refractivity contribution >= 4 is 5.91 Å². The van der Waals surface area contributed by atoms with E-state index < -0.39 is 0 Å². The normalized spacial score (nSPS) is 25.0. The highest BCUT2D eigenvalue weighted by atomic mass is 16.2. The molecule has 1 aromatic rings. The summed E-state index contributed by atoms with van der Waals surface area (Å²) in [6, 6.07) is 3.78. The molecule has 0 radical (unpaired) electrons. The number of likely N-dealkylation sites (tertiary alicyclic amines) is 1. The smallest absolute Gasteiger partial charge is 0.244 e. The van der Waals surface area contributed by atoms with E-state index in [1.165, 1.54) is 6.42 Å². The minimum absolute atomic E-state index is 0.180. The topological polar surface area (TPSA) is 48.5 Å². The SMILES string of the molecule is CC1CCCN(C(=O)C(c2cccnc2)N2CCNCC2)C1. The van der Waals surface area contributed by atoms with Crippen LogP contribution in [0, 0.1) is 5.92 Å². The van der Waals surface area contributed by atoms with Crippen molar-refractivity contribution in [2.45, 2.75) is 25.8 Å². The molecule has 2 saturated heterocycles. The van der Waals surface area contributed by atoms with Crippen molar-refractivity contribution in [1.82, 2.24) is 20.1 Å². The number of carbonyl (C=O) groups excluding carboxylic acids is 1. The molecule has 3 rings (SSSR count). The quantitative estimate of drug-likeness (QED) is 0.914. The number of pyridine rings is 1. The van der Waals surface area contributed by atoms with Crippen molar-refractivity contribution < 1.29 is 4.79 Å². The van der Waals surface area contributed by atoms with Crippen LogP contribution in [0.3, 0.4) is 0 Å². The van der Waals surface area contributed by atoms with Crippen molar-refractivity contribution in [2.24, 2.45) is 5.92 Å². The largest absolute Gasteiger partial charge is 0.341 e. The van der Waals surface area contributed by atoms with Gasteiger partial charge in [-0.15, -0.1) is 0 Å². The van der Waals surface area contributed by atoms with Gasteiger partial charge in [0.25, 0.3) is 0 Å². The first-order valence-corrected chi connectivity index (χ1v) is 8.39. The first kappa shape index (κ1) is 15.4. The molecular weight excluding hydrogens is 276 g/mol. The second kappa shape index (κ2) is 7.20. The van der Waals surface area contributed by atoms with Crippen molar-refractivity contribution in [2.75, 3.05) is 39.3 Å². The van der Waals surface area contributed by atoms with Gasteiger partial charge in [-0.1, -0.05) is 13.0 Å². The molecule has 1 aromatic heterocycles. The summed E-state index contributed by atoms with van der Waals surface area (Å²) in [5.74, 6) is 0.858. The summed E-state index contributed by atoms with van der Waals surface area (Å²) in [6.07, 6.45) is 5.97. The van der Waals surface area contributed by atoms with Crippen LogP contribution in [0.4, 0.5) is 0 Å². The van der Waals surface area contributed by atoms with E-state index >= 15 is 0 Å². The lowest BCUT2D eigenvalue weighted by Crippen LogP contribution is -2.51. The van der Waals surface area contributed by atoms with E-state index in [0.29, 0.717) is 5.92 Å². The molecular formula is C17H26N4O. The average molecular weight is 302 g/mol. The van der Waals surface area contributed by atoms with Crippen LogP contribution in [-0.2, 0) is 4.79 Å². The van der Waals surface area contributed by atoms with Gasteiger partial charge in [0.05, 0.1) is 0 Å². The fraction of sp³-hybridized carbons (Fsp3) is 0.647. The number of piperazine rings is 1. The second-order valence-corrected chi connectivity index (χ2v) is 6.51. The number of piperidine rings is 1. The van der Waals surface area contributed by atoms with Crippen LogP contribution in [0.25, 0.3) is 0 Å². The predicted molar refractivity (Wildman–Crippen MR) is 86.4 cm³/mol. The summed E-state index contributed by atoms with van der Waals surface area (Å²) in [6.45, 7) is 7.74. The minimum atomic E-state index is -0.180. The van der Waals surface area contributed by atoms with Crippen molar-refractivity contribution in [3.05, 3.63) is 30.1 Å². The average Bonchev–Trinajstić information content (AvgIpc) is 2.57. The maximum absolute atomic E-state index is 13.2. The molecule has 0 aliphatic carbocycles. The molecule has 1 amide bonds. The molecule has 2 aliphatic heterocycles. The highest BCUT2D eigenvalue weighted by molar-refractivity contribution is 5.83. The molecule has 0 bridgehead atoms. The Labute approximate surface area is 132 Å². The Bertz CT molecular complexity index is 487. The lowest BCUT2D eigenvalue weighted by Gasteiger charge is -2.39. The van der Waals surface area contributed by atoms with Gasteiger partial charge in [0.15, 0.2) is 0 Å². The highest BCUT2D eigenvalue weighted by Gasteiger charge is 2.33. The van der Waals surface area contributed by atoms with Gasteiger partial charge in [0.1, 0.15) is 6.04 Å². The van der Waals surface area contributed by atoms with Gasteiger partial charge >= 0.3 is 0 Å². The summed E-state index contributed by atoms with van der Waals surface area (Å²) in [5, 5.41) is 3.36. The zero-order chi connectivity index (χ0) is 15.4. The van der Waals surface area contributed by atoms with E-state index in [9.17, 15) is 4.79 Å². The number of carbonyl (C=O) groups is 1. The number of rotatable bonds is 3. The number of aromatic nitrogens is 1. The van der Waals surface area contributed by atoms with Gasteiger partial charge in [-0.05, 0) is 30.4 Å². The van der Waals surface area contributed by atoms with Gasteiger partial charge < -0.3 is 10.2 Å². The molecule has 0 aromatic carbocycles. The van der Waals surface area contributed by atoms with E-state index in [0.717, 1.165) is 51.3 Å². The third kappa shape index (κ3) is 3.47. The van der Waals surface area contributed by atoms with E-state index in [1.54, 1.807) is 6.20 Å². The Morgan fingerprint density at radius 2 is 2.18 bits per heavy atom. The highest BCUT2D eigenvalue weighted by Crippen LogP contribution is 2.26. The summed E-state index contributed by atoms with van der Waals surface area (Å²) in [5.41, 5.74) is 1.02. The Morgan fingerprint density at radius 1 is 1.36 bits per heavy atom. The van der Waals surface area contributed by atoms with Gasteiger partial charge in [-0.3, -0.25) is 14.7 Å². The van der Waals surface area contributed by atoms with Crippen LogP contribution in [0.5, 0.6) is 0 Å². The molecule has 2 fully saturated rings. The number of hydrogen-bond acceptors (Lipinski definition) is 4. The third-order valence-electron chi connectivity index (χ3n) is 4.72. The monoisotopic (exact) mass is 302 g/mol. The standard InChI is InChI=1S/C17H26N4O/c1-14-4-3-9-21(13-14)17(22)16(15-5-2-6-19-12-15)20-10-7-18-8-11-20/h2,5-6,12,14,16,18H,3-4,7-11,13H2,1H3. The number of amides is 1. The van der Waals surface area contributed by atoms with Crippen LogP contribution < -0.4 is 5.32 Å². The fourth-order valence-electron chi connectivity index (χ4n) is 3.55. The van der Waals surface area contributed by atoms with Gasteiger partial charge in [-0.2, -0.15) is 0 Å². The maximum atomic E-state index is 13.2. The van der Waals surface area contributed by atoms with E-state index in [4.69, 9.17) is 0 Å². The van der Waals surface area contributed by atoms with E-state index in [1.807, 2.05) is 18.3 Å². The zero-order valence-corrected chi connectivity index (χ0v) is 13.4. The van der Waals surface area contributed by atoms with Gasteiger partial charge in [0, 0.05) is 51.7 Å². The molecule has 2 unspecified atom stereocenters. The molecule has 5 nitrogen and oxygen atoms in total. The first-order valence-electron chi connectivity index (χ1n) is 8.39. The lowest BCUT2D eigenvalue weighted by molar-refractivity contribution is -0.139. The van der Waals surface area contributed by atoms with Crippen LogP contribution >= 0.6 is 0 Å².